The van der Waals surface area contributed by atoms with Crippen LogP contribution in [0.3, 0.4) is 0 Å². The first kappa shape index (κ1) is 30.3. The topological polar surface area (TPSA) is 124 Å². The van der Waals surface area contributed by atoms with Crippen LogP contribution in [0.5, 0.6) is 5.75 Å². The van der Waals surface area contributed by atoms with Crippen LogP contribution in [-0.4, -0.2) is 52.0 Å². The van der Waals surface area contributed by atoms with Crippen LogP contribution in [0.4, 0.5) is 5.00 Å². The predicted molar refractivity (Wildman–Crippen MR) is 166 cm³/mol. The molecule has 1 aliphatic carbocycles. The number of thioether (sulfide) groups is 1. The van der Waals surface area contributed by atoms with Gasteiger partial charge < -0.3 is 24.7 Å². The van der Waals surface area contributed by atoms with Crippen molar-refractivity contribution in [1.82, 2.24) is 20.1 Å². The molecular weight excluding hydrogens is 587 g/mol. The number of nitrogens with one attached hydrogen (secondary N) is 2. The van der Waals surface area contributed by atoms with Crippen molar-refractivity contribution in [2.24, 2.45) is 0 Å². The van der Waals surface area contributed by atoms with Gasteiger partial charge in [0.1, 0.15) is 10.8 Å². The highest BCUT2D eigenvalue weighted by atomic mass is 32.2. The molecule has 0 atom stereocenters. The number of carbonyl (C=O) groups is 3. The minimum absolute atomic E-state index is 0.0608. The van der Waals surface area contributed by atoms with E-state index in [-0.39, 0.29) is 30.7 Å². The van der Waals surface area contributed by atoms with Crippen molar-refractivity contribution >= 4 is 45.9 Å². The molecule has 0 bridgehead atoms. The van der Waals surface area contributed by atoms with E-state index in [1.807, 2.05) is 34.9 Å². The van der Waals surface area contributed by atoms with Gasteiger partial charge in [-0.15, -0.1) is 21.5 Å². The van der Waals surface area contributed by atoms with Gasteiger partial charge in [0, 0.05) is 4.88 Å². The number of carbonyl (C=O) groups excluding carboxylic acids is 3. The Bertz CT molecular complexity index is 1600. The lowest BCUT2D eigenvalue weighted by molar-refractivity contribution is -0.113. The zero-order valence-corrected chi connectivity index (χ0v) is 25.7. The second kappa shape index (κ2) is 14.3. The lowest BCUT2D eigenvalue weighted by Gasteiger charge is -2.13. The summed E-state index contributed by atoms with van der Waals surface area (Å²) in [6.45, 7) is 2.64. The van der Waals surface area contributed by atoms with E-state index >= 15 is 0 Å². The first-order valence-corrected chi connectivity index (χ1v) is 15.9. The number of amides is 2. The summed E-state index contributed by atoms with van der Waals surface area (Å²) in [6.07, 6.45) is 3.79. The summed E-state index contributed by atoms with van der Waals surface area (Å²) in [6, 6.07) is 16.8. The lowest BCUT2D eigenvalue weighted by Crippen LogP contribution is -2.25. The molecule has 2 aromatic carbocycles. The van der Waals surface area contributed by atoms with Crippen LogP contribution >= 0.6 is 23.1 Å². The SMILES string of the molecule is CCOC(=O)c1c(NC(=O)CSc2nnc(CNC(=O)c3ccccc3OC)n2Cc2ccccc2)sc2c1CCCC2. The number of para-hydroxylation sites is 1. The van der Waals surface area contributed by atoms with Gasteiger partial charge in [-0.1, -0.05) is 54.2 Å². The number of rotatable bonds is 12. The molecule has 0 saturated carbocycles. The zero-order valence-electron chi connectivity index (χ0n) is 24.1. The Hall–Kier alpha value is -4.16. The molecule has 224 valence electrons. The summed E-state index contributed by atoms with van der Waals surface area (Å²) in [5, 5.41) is 15.6. The van der Waals surface area contributed by atoms with Crippen LogP contribution in [0.2, 0.25) is 0 Å². The highest BCUT2D eigenvalue weighted by Gasteiger charge is 2.27. The highest BCUT2D eigenvalue weighted by molar-refractivity contribution is 7.99. The van der Waals surface area contributed by atoms with Crippen molar-refractivity contribution < 1.29 is 23.9 Å². The van der Waals surface area contributed by atoms with Gasteiger partial charge in [-0.05, 0) is 55.9 Å². The van der Waals surface area contributed by atoms with Gasteiger partial charge in [0.05, 0.1) is 43.7 Å². The molecule has 0 spiro atoms. The number of nitrogens with zero attached hydrogens (tertiary/aromatic N) is 3. The Balaban J connectivity index is 1.31. The normalized spacial score (nSPS) is 12.3. The molecule has 2 aromatic heterocycles. The van der Waals surface area contributed by atoms with Crippen molar-refractivity contribution in [1.29, 1.82) is 0 Å². The van der Waals surface area contributed by atoms with Crippen LogP contribution in [0, 0.1) is 0 Å². The van der Waals surface area contributed by atoms with E-state index in [1.54, 1.807) is 31.2 Å². The molecular formula is C31H33N5O5S2. The molecule has 0 saturated heterocycles. The molecule has 2 N–H and O–H groups in total. The number of ether oxygens (including phenoxy) is 2. The van der Waals surface area contributed by atoms with E-state index in [1.165, 1.54) is 30.2 Å². The van der Waals surface area contributed by atoms with Gasteiger partial charge in [0.2, 0.25) is 5.91 Å². The summed E-state index contributed by atoms with van der Waals surface area (Å²) in [4.78, 5) is 40.0. The summed E-state index contributed by atoms with van der Waals surface area (Å²) in [5.41, 5.74) is 2.93. The van der Waals surface area contributed by atoms with E-state index in [2.05, 4.69) is 20.8 Å². The Morgan fingerprint density at radius 1 is 1.02 bits per heavy atom. The Labute approximate surface area is 258 Å². The number of esters is 1. The van der Waals surface area contributed by atoms with Crippen LogP contribution in [0.1, 0.15) is 62.3 Å². The average molecular weight is 620 g/mol. The second-order valence-corrected chi connectivity index (χ2v) is 11.9. The maximum Gasteiger partial charge on any atom is 0.341 e. The number of anilines is 1. The molecule has 12 heteroatoms. The van der Waals surface area contributed by atoms with Crippen LogP contribution in [-0.2, 0) is 35.5 Å². The van der Waals surface area contributed by atoms with Crippen molar-refractivity contribution in [2.75, 3.05) is 24.8 Å². The molecule has 43 heavy (non-hydrogen) atoms. The van der Waals surface area contributed by atoms with Crippen LogP contribution in [0.25, 0.3) is 0 Å². The third-order valence-electron chi connectivity index (χ3n) is 6.97. The average Bonchev–Trinajstić information content (AvgIpc) is 3.59. The molecule has 1 aliphatic rings. The summed E-state index contributed by atoms with van der Waals surface area (Å²) >= 11 is 2.70. The van der Waals surface area contributed by atoms with E-state index in [0.29, 0.717) is 39.4 Å². The van der Waals surface area contributed by atoms with Gasteiger partial charge >= 0.3 is 5.97 Å². The molecule has 5 rings (SSSR count). The highest BCUT2D eigenvalue weighted by Crippen LogP contribution is 2.38. The fraction of sp³-hybridized carbons (Fsp3) is 0.323. The minimum Gasteiger partial charge on any atom is -0.496 e. The molecule has 4 aromatic rings. The number of thiophene rings is 1. The third-order valence-corrected chi connectivity index (χ3v) is 9.15. The number of benzene rings is 2. The second-order valence-electron chi connectivity index (χ2n) is 9.83. The van der Waals surface area contributed by atoms with Gasteiger partial charge in [-0.2, -0.15) is 0 Å². The predicted octanol–water partition coefficient (Wildman–Crippen LogP) is 5.11. The van der Waals surface area contributed by atoms with Crippen LogP contribution in [0.15, 0.2) is 59.8 Å². The molecule has 2 heterocycles. The number of hydrogen-bond donors (Lipinski definition) is 2. The smallest absolute Gasteiger partial charge is 0.341 e. The monoisotopic (exact) mass is 619 g/mol. The van der Waals surface area contributed by atoms with Crippen molar-refractivity contribution in [3.8, 4) is 5.75 Å². The molecule has 0 aliphatic heterocycles. The molecule has 0 fully saturated rings. The fourth-order valence-corrected chi connectivity index (χ4v) is 6.98. The van der Waals surface area contributed by atoms with Gasteiger partial charge in [-0.25, -0.2) is 4.79 Å². The Morgan fingerprint density at radius 3 is 2.58 bits per heavy atom. The van der Waals surface area contributed by atoms with Crippen molar-refractivity contribution in [3.63, 3.8) is 0 Å². The largest absolute Gasteiger partial charge is 0.496 e. The molecule has 0 unspecified atom stereocenters. The number of aryl methyl sites for hydroxylation is 1. The fourth-order valence-electron chi connectivity index (χ4n) is 4.93. The van der Waals surface area contributed by atoms with E-state index < -0.39 is 5.97 Å². The zero-order chi connectivity index (χ0) is 30.2. The molecule has 0 radical (unpaired) electrons. The van der Waals surface area contributed by atoms with E-state index in [4.69, 9.17) is 9.47 Å². The number of aromatic nitrogens is 3. The van der Waals surface area contributed by atoms with E-state index in [9.17, 15) is 14.4 Å². The maximum atomic E-state index is 13.1. The number of hydrogen-bond acceptors (Lipinski definition) is 9. The summed E-state index contributed by atoms with van der Waals surface area (Å²) in [5.74, 6) is 0.139. The minimum atomic E-state index is -0.396. The van der Waals surface area contributed by atoms with Crippen LogP contribution < -0.4 is 15.4 Å². The third kappa shape index (κ3) is 7.26. The van der Waals surface area contributed by atoms with E-state index in [0.717, 1.165) is 41.7 Å². The summed E-state index contributed by atoms with van der Waals surface area (Å²) < 4.78 is 12.5. The molecule has 2 amide bonds. The van der Waals surface area contributed by atoms with Gasteiger partial charge in [0.25, 0.3) is 5.91 Å². The first-order chi connectivity index (χ1) is 21.0. The number of fused-ring (bicyclic) bond motifs is 1. The standard InChI is InChI=1S/C31H33N5O5S2/c1-3-41-30(39)27-22-14-8-10-16-24(22)43-29(27)33-26(37)19-42-31-35-34-25(36(31)18-20-11-5-4-6-12-20)17-32-28(38)21-13-7-9-15-23(21)40-2/h4-7,9,11-13,15H,3,8,10,14,16-19H2,1-2H3,(H,32,38)(H,33,37). The summed E-state index contributed by atoms with van der Waals surface area (Å²) in [7, 11) is 1.52. The Morgan fingerprint density at radius 2 is 1.79 bits per heavy atom. The van der Waals surface area contributed by atoms with Crippen molar-refractivity contribution in [2.45, 2.75) is 50.9 Å². The maximum absolute atomic E-state index is 13.1. The number of methoxy groups -OCH3 is 1. The van der Waals surface area contributed by atoms with Gasteiger partial charge in [-0.3, -0.25) is 9.59 Å². The lowest BCUT2D eigenvalue weighted by atomic mass is 9.95. The Kier molecular flexibility index (Phi) is 10.1. The van der Waals surface area contributed by atoms with Crippen molar-refractivity contribution in [3.05, 3.63) is 87.6 Å². The molecule has 10 nitrogen and oxygen atoms in total. The first-order valence-electron chi connectivity index (χ1n) is 14.1. The quantitative estimate of drug-likeness (QED) is 0.166. The van der Waals surface area contributed by atoms with Gasteiger partial charge in [0.15, 0.2) is 11.0 Å².